The zero-order valence-corrected chi connectivity index (χ0v) is 24.3. The SMILES string of the molecule is CN1CCN(c2ccnc(OC3CCN(c4ccc(C(=O)N5CCCC5)cn4)CC3)n2)CC1.Cl.Cl.Cl.Cl. The molecule has 2 aromatic rings. The summed E-state index contributed by atoms with van der Waals surface area (Å²) in [5.74, 6) is 1.95. The van der Waals surface area contributed by atoms with Crippen molar-refractivity contribution < 1.29 is 9.53 Å². The van der Waals surface area contributed by atoms with Gasteiger partial charge < -0.3 is 24.3 Å². The first kappa shape index (κ1) is 33.2. The Kier molecular flexibility index (Phi) is 14.0. The van der Waals surface area contributed by atoms with Crippen molar-refractivity contribution in [3.63, 3.8) is 0 Å². The predicted molar refractivity (Wildman–Crippen MR) is 156 cm³/mol. The van der Waals surface area contributed by atoms with Crippen LogP contribution in [0.5, 0.6) is 6.01 Å². The molecule has 3 aliphatic heterocycles. The maximum atomic E-state index is 12.5. The summed E-state index contributed by atoms with van der Waals surface area (Å²) < 4.78 is 6.14. The van der Waals surface area contributed by atoms with Crippen LogP contribution in [-0.4, -0.2) is 96.2 Å². The summed E-state index contributed by atoms with van der Waals surface area (Å²) >= 11 is 0. The van der Waals surface area contributed by atoms with Gasteiger partial charge in [0.05, 0.1) is 5.56 Å². The topological polar surface area (TPSA) is 77.9 Å². The Labute approximate surface area is 244 Å². The molecule has 208 valence electrons. The van der Waals surface area contributed by atoms with E-state index in [1.54, 1.807) is 12.4 Å². The van der Waals surface area contributed by atoms with E-state index in [0.717, 1.165) is 89.7 Å². The quantitative estimate of drug-likeness (QED) is 0.518. The highest BCUT2D eigenvalue weighted by Crippen LogP contribution is 2.23. The minimum atomic E-state index is 0. The van der Waals surface area contributed by atoms with Crippen LogP contribution in [0.15, 0.2) is 30.6 Å². The van der Waals surface area contributed by atoms with Crippen LogP contribution >= 0.6 is 49.6 Å². The highest BCUT2D eigenvalue weighted by atomic mass is 35.5. The fourth-order valence-electron chi connectivity index (χ4n) is 4.75. The molecule has 13 heteroatoms. The summed E-state index contributed by atoms with van der Waals surface area (Å²) in [5, 5.41) is 0. The smallest absolute Gasteiger partial charge is 0.318 e. The van der Waals surface area contributed by atoms with Crippen LogP contribution in [0.4, 0.5) is 11.6 Å². The van der Waals surface area contributed by atoms with Gasteiger partial charge in [-0.1, -0.05) is 0 Å². The molecule has 0 N–H and O–H groups in total. The van der Waals surface area contributed by atoms with E-state index in [-0.39, 0.29) is 61.6 Å². The number of carbonyl (C=O) groups excluding carboxylic acids is 1. The molecule has 3 saturated heterocycles. The van der Waals surface area contributed by atoms with E-state index >= 15 is 0 Å². The van der Waals surface area contributed by atoms with Crippen LogP contribution < -0.4 is 14.5 Å². The first-order valence-electron chi connectivity index (χ1n) is 12.1. The van der Waals surface area contributed by atoms with Crippen molar-refractivity contribution in [3.05, 3.63) is 36.2 Å². The van der Waals surface area contributed by atoms with Crippen LogP contribution in [0.25, 0.3) is 0 Å². The zero-order valence-electron chi connectivity index (χ0n) is 21.0. The Morgan fingerprint density at radius 2 is 1.46 bits per heavy atom. The number of nitrogens with zero attached hydrogens (tertiary/aromatic N) is 7. The Balaban J connectivity index is 0.00000171. The zero-order chi connectivity index (χ0) is 22.6. The molecule has 0 radical (unpaired) electrons. The molecule has 2 aromatic heterocycles. The van der Waals surface area contributed by atoms with Crippen LogP contribution in [-0.2, 0) is 0 Å². The maximum Gasteiger partial charge on any atom is 0.318 e. The first-order chi connectivity index (χ1) is 16.2. The number of carbonyl (C=O) groups is 1. The highest BCUT2D eigenvalue weighted by Gasteiger charge is 2.24. The molecular weight excluding hydrogens is 560 g/mol. The van der Waals surface area contributed by atoms with Gasteiger partial charge in [0.1, 0.15) is 17.7 Å². The number of ether oxygens (including phenoxy) is 1. The average Bonchev–Trinajstić information content (AvgIpc) is 3.40. The second-order valence-corrected chi connectivity index (χ2v) is 9.20. The molecule has 9 nitrogen and oxygen atoms in total. The van der Waals surface area contributed by atoms with Gasteiger partial charge in [0, 0.05) is 77.6 Å². The molecule has 5 heterocycles. The third kappa shape index (κ3) is 8.35. The lowest BCUT2D eigenvalue weighted by atomic mass is 10.1. The van der Waals surface area contributed by atoms with Crippen LogP contribution in [0.1, 0.15) is 36.0 Å². The first-order valence-corrected chi connectivity index (χ1v) is 12.1. The van der Waals surface area contributed by atoms with Gasteiger partial charge in [-0.15, -0.1) is 49.6 Å². The number of likely N-dealkylation sites (N-methyl/N-ethyl adjacent to an activating group) is 1. The second-order valence-electron chi connectivity index (χ2n) is 9.20. The monoisotopic (exact) mass is 595 g/mol. The fourth-order valence-corrected chi connectivity index (χ4v) is 4.75. The summed E-state index contributed by atoms with van der Waals surface area (Å²) in [6.07, 6.45) is 7.58. The van der Waals surface area contributed by atoms with Crippen molar-refractivity contribution in [3.8, 4) is 6.01 Å². The van der Waals surface area contributed by atoms with E-state index in [1.165, 1.54) is 0 Å². The van der Waals surface area contributed by atoms with Crippen LogP contribution in [0.2, 0.25) is 0 Å². The normalized spacial score (nSPS) is 18.1. The minimum Gasteiger partial charge on any atom is -0.460 e. The number of aromatic nitrogens is 3. The lowest BCUT2D eigenvalue weighted by molar-refractivity contribution is 0.0792. The fraction of sp³-hybridized carbons (Fsp3) is 0.583. The van der Waals surface area contributed by atoms with Crippen LogP contribution in [0.3, 0.4) is 0 Å². The van der Waals surface area contributed by atoms with E-state index < -0.39 is 0 Å². The van der Waals surface area contributed by atoms with Gasteiger partial charge >= 0.3 is 6.01 Å². The summed E-state index contributed by atoms with van der Waals surface area (Å²) in [4.78, 5) is 34.9. The number of piperidine rings is 1. The number of amides is 1. The van der Waals surface area contributed by atoms with Crippen molar-refractivity contribution in [2.45, 2.75) is 31.8 Å². The van der Waals surface area contributed by atoms with Gasteiger partial charge in [-0.25, -0.2) is 9.97 Å². The van der Waals surface area contributed by atoms with Crippen molar-refractivity contribution >= 4 is 67.2 Å². The molecule has 3 fully saturated rings. The molecule has 0 unspecified atom stereocenters. The summed E-state index contributed by atoms with van der Waals surface area (Å²) in [5.41, 5.74) is 0.677. The lowest BCUT2D eigenvalue weighted by Crippen LogP contribution is -2.44. The van der Waals surface area contributed by atoms with E-state index in [1.807, 2.05) is 23.1 Å². The maximum absolute atomic E-state index is 12.5. The number of rotatable bonds is 5. The number of pyridine rings is 1. The van der Waals surface area contributed by atoms with Crippen molar-refractivity contribution in [1.82, 2.24) is 24.8 Å². The standard InChI is InChI=1S/C24H33N7O2.4ClH/c1-28-14-16-30(17-15-28)22-6-9-25-24(27-22)33-20-7-12-29(13-8-20)21-5-4-19(18-26-21)23(32)31-10-2-3-11-31;;;;/h4-6,9,18,20H,2-3,7-8,10-17H2,1H3;4*1H. The van der Waals surface area contributed by atoms with E-state index in [4.69, 9.17) is 4.74 Å². The van der Waals surface area contributed by atoms with Gasteiger partial charge in [-0.05, 0) is 38.1 Å². The van der Waals surface area contributed by atoms with Gasteiger partial charge in [-0.3, -0.25) is 4.79 Å². The molecule has 0 bridgehead atoms. The van der Waals surface area contributed by atoms with E-state index in [9.17, 15) is 4.79 Å². The van der Waals surface area contributed by atoms with Crippen LogP contribution in [0, 0.1) is 0 Å². The molecule has 0 atom stereocenters. The number of hydrogen-bond acceptors (Lipinski definition) is 8. The van der Waals surface area contributed by atoms with E-state index in [2.05, 4.69) is 36.7 Å². The Morgan fingerprint density at radius 1 is 0.811 bits per heavy atom. The number of piperazine rings is 1. The molecule has 37 heavy (non-hydrogen) atoms. The minimum absolute atomic E-state index is 0. The van der Waals surface area contributed by atoms with Gasteiger partial charge in [-0.2, -0.15) is 4.98 Å². The molecule has 5 rings (SSSR count). The highest BCUT2D eigenvalue weighted by molar-refractivity contribution is 5.94. The Bertz CT molecular complexity index is 950. The third-order valence-corrected chi connectivity index (χ3v) is 6.87. The third-order valence-electron chi connectivity index (χ3n) is 6.87. The molecule has 0 aliphatic carbocycles. The van der Waals surface area contributed by atoms with E-state index in [0.29, 0.717) is 11.6 Å². The molecular formula is C24H37Cl4N7O2. The summed E-state index contributed by atoms with van der Waals surface area (Å²) in [6.45, 7) is 7.46. The average molecular weight is 597 g/mol. The molecule has 0 aromatic carbocycles. The molecule has 0 spiro atoms. The van der Waals surface area contributed by atoms with Crippen molar-refractivity contribution in [1.29, 1.82) is 0 Å². The number of anilines is 2. The molecule has 0 saturated carbocycles. The lowest BCUT2D eigenvalue weighted by Gasteiger charge is -2.34. The summed E-state index contributed by atoms with van der Waals surface area (Å²) in [7, 11) is 2.15. The number of likely N-dealkylation sites (tertiary alicyclic amines) is 1. The van der Waals surface area contributed by atoms with Gasteiger partial charge in [0.2, 0.25) is 0 Å². The Hall–Kier alpha value is -1.78. The van der Waals surface area contributed by atoms with Gasteiger partial charge in [0.15, 0.2) is 0 Å². The number of halogens is 4. The predicted octanol–water partition coefficient (Wildman–Crippen LogP) is 3.59. The Morgan fingerprint density at radius 3 is 2.08 bits per heavy atom. The van der Waals surface area contributed by atoms with Crippen molar-refractivity contribution in [2.75, 3.05) is 69.2 Å². The van der Waals surface area contributed by atoms with Crippen molar-refractivity contribution in [2.24, 2.45) is 0 Å². The molecule has 1 amide bonds. The second kappa shape index (κ2) is 15.6. The summed E-state index contributed by atoms with van der Waals surface area (Å²) in [6, 6.07) is 6.30. The molecule has 3 aliphatic rings. The number of hydrogen-bond donors (Lipinski definition) is 0. The largest absolute Gasteiger partial charge is 0.460 e. The van der Waals surface area contributed by atoms with Gasteiger partial charge in [0.25, 0.3) is 5.91 Å².